The number of alkyl halides is 3. The maximum Gasteiger partial charge on any atom is 0.416 e. The van der Waals surface area contributed by atoms with Gasteiger partial charge in [0.1, 0.15) is 5.78 Å². The molecule has 3 atom stereocenters. The van der Waals surface area contributed by atoms with Crippen LogP contribution in [-0.2, 0) is 26.3 Å². The highest BCUT2D eigenvalue weighted by Crippen LogP contribution is 2.69. The molecule has 0 aromatic heterocycles. The molecule has 30 heavy (non-hydrogen) atoms. The Labute approximate surface area is 175 Å². The largest absolute Gasteiger partial charge is 0.416 e. The Kier molecular flexibility index (Phi) is 6.78. The average Bonchev–Trinajstić information content (AvgIpc) is 3.35. The Morgan fingerprint density at radius 3 is 1.93 bits per heavy atom. The Morgan fingerprint density at radius 1 is 0.933 bits per heavy atom. The first-order valence-corrected chi connectivity index (χ1v) is 11.6. The van der Waals surface area contributed by atoms with Crippen LogP contribution in [0.25, 0.3) is 0 Å². The van der Waals surface area contributed by atoms with Crippen LogP contribution in [0.3, 0.4) is 0 Å². The van der Waals surface area contributed by atoms with Gasteiger partial charge in [0.05, 0.1) is 23.8 Å². The maximum absolute atomic E-state index is 13.7. The molecular formula is C22H27F3NO3P. The van der Waals surface area contributed by atoms with Gasteiger partial charge >= 0.3 is 13.8 Å². The second-order valence-electron chi connectivity index (χ2n) is 7.98. The molecule has 1 saturated heterocycles. The first kappa shape index (κ1) is 23.0. The van der Waals surface area contributed by atoms with E-state index in [1.54, 1.807) is 27.7 Å². The predicted molar refractivity (Wildman–Crippen MR) is 110 cm³/mol. The standard InChI is InChI=1S/C22H27F3NO3P/c1-15(2)28-30(27,29-16(3)4)21-20(18-8-6-5-7-9-18)26(21)14-17-10-12-19(13-11-17)22(23,24)25/h5-13,15-16,20-21H,14H2,1-4H3/t20-,21+,26?/m0/s1. The van der Waals surface area contributed by atoms with E-state index in [-0.39, 0.29) is 18.2 Å². The fourth-order valence-corrected chi connectivity index (χ4v) is 6.24. The number of rotatable bonds is 8. The molecule has 0 saturated carbocycles. The average molecular weight is 441 g/mol. The SMILES string of the molecule is CC(C)OP(=O)(OC(C)C)[C@@H]1[C@H](c2ccccc2)N1Cc1ccc(C(F)(F)F)cc1. The summed E-state index contributed by atoms with van der Waals surface area (Å²) in [6.45, 7) is 7.55. The van der Waals surface area contributed by atoms with Crippen LogP contribution in [0.2, 0.25) is 0 Å². The molecule has 1 unspecified atom stereocenters. The molecule has 4 nitrogen and oxygen atoms in total. The Hall–Kier alpha value is -1.66. The molecule has 0 spiro atoms. The smallest absolute Gasteiger partial charge is 0.305 e. The Bertz CT molecular complexity index is 871. The van der Waals surface area contributed by atoms with Crippen molar-refractivity contribution in [1.29, 1.82) is 0 Å². The topological polar surface area (TPSA) is 38.5 Å². The number of nitrogens with zero attached hydrogens (tertiary/aromatic N) is 1. The van der Waals surface area contributed by atoms with E-state index in [0.29, 0.717) is 12.1 Å². The van der Waals surface area contributed by atoms with Crippen LogP contribution in [0.15, 0.2) is 54.6 Å². The minimum Gasteiger partial charge on any atom is -0.305 e. The molecular weight excluding hydrogens is 414 g/mol. The van der Waals surface area contributed by atoms with Crippen molar-refractivity contribution in [3.8, 4) is 0 Å². The minimum absolute atomic E-state index is 0.197. The van der Waals surface area contributed by atoms with Crippen LogP contribution in [0.1, 0.15) is 50.4 Å². The number of hydrogen-bond acceptors (Lipinski definition) is 4. The third-order valence-electron chi connectivity index (χ3n) is 4.72. The van der Waals surface area contributed by atoms with Crippen molar-refractivity contribution in [2.45, 2.75) is 64.4 Å². The monoisotopic (exact) mass is 441 g/mol. The fraction of sp³-hybridized carbons (Fsp3) is 0.455. The second-order valence-corrected chi connectivity index (χ2v) is 10.0. The Morgan fingerprint density at radius 2 is 1.47 bits per heavy atom. The van der Waals surface area contributed by atoms with Gasteiger partial charge in [-0.1, -0.05) is 42.5 Å². The summed E-state index contributed by atoms with van der Waals surface area (Å²) in [5.74, 6) is -0.494. The second kappa shape index (κ2) is 8.83. The van der Waals surface area contributed by atoms with Crippen molar-refractivity contribution < 1.29 is 26.8 Å². The molecule has 1 aliphatic heterocycles. The van der Waals surface area contributed by atoms with Gasteiger partial charge in [0, 0.05) is 6.54 Å². The van der Waals surface area contributed by atoms with Gasteiger partial charge in [-0.2, -0.15) is 13.2 Å². The van der Waals surface area contributed by atoms with Gasteiger partial charge in [0.25, 0.3) is 0 Å². The molecule has 1 heterocycles. The van der Waals surface area contributed by atoms with Crippen LogP contribution in [0.4, 0.5) is 13.2 Å². The number of halogens is 3. The molecule has 2 aromatic carbocycles. The highest BCUT2D eigenvalue weighted by atomic mass is 31.2. The van der Waals surface area contributed by atoms with Gasteiger partial charge in [-0.25, -0.2) is 0 Å². The van der Waals surface area contributed by atoms with E-state index in [0.717, 1.165) is 17.7 Å². The lowest BCUT2D eigenvalue weighted by atomic mass is 10.1. The molecule has 0 N–H and O–H groups in total. The van der Waals surface area contributed by atoms with E-state index in [4.69, 9.17) is 9.05 Å². The summed E-state index contributed by atoms with van der Waals surface area (Å²) in [5, 5.41) is 0. The highest BCUT2D eigenvalue weighted by molar-refractivity contribution is 7.55. The van der Waals surface area contributed by atoms with Crippen LogP contribution in [0.5, 0.6) is 0 Å². The number of hydrogen-bond donors (Lipinski definition) is 0. The lowest BCUT2D eigenvalue weighted by molar-refractivity contribution is -0.137. The molecule has 2 aromatic rings. The van der Waals surface area contributed by atoms with Gasteiger partial charge in [-0.15, -0.1) is 0 Å². The number of benzene rings is 2. The quantitative estimate of drug-likeness (QED) is 0.340. The van der Waals surface area contributed by atoms with Crippen LogP contribution in [-0.4, -0.2) is 22.9 Å². The van der Waals surface area contributed by atoms with Gasteiger partial charge < -0.3 is 9.05 Å². The van der Waals surface area contributed by atoms with E-state index in [1.165, 1.54) is 12.1 Å². The summed E-state index contributed by atoms with van der Waals surface area (Å²) in [7, 11) is -3.50. The molecule has 164 valence electrons. The van der Waals surface area contributed by atoms with E-state index >= 15 is 0 Å². The first-order chi connectivity index (χ1) is 14.0. The third-order valence-corrected chi connectivity index (χ3v) is 7.37. The van der Waals surface area contributed by atoms with Crippen LogP contribution in [0, 0.1) is 0 Å². The van der Waals surface area contributed by atoms with E-state index in [9.17, 15) is 17.7 Å². The molecule has 0 radical (unpaired) electrons. The first-order valence-electron chi connectivity index (χ1n) is 9.94. The van der Waals surface area contributed by atoms with Crippen LogP contribution >= 0.6 is 7.60 Å². The lowest BCUT2D eigenvalue weighted by Crippen LogP contribution is -2.14. The van der Waals surface area contributed by atoms with E-state index < -0.39 is 25.1 Å². The normalized spacial score (nSPS) is 22.0. The molecule has 0 bridgehead atoms. The molecule has 3 rings (SSSR count). The summed E-state index contributed by atoms with van der Waals surface area (Å²) in [6.07, 6.45) is -4.96. The van der Waals surface area contributed by atoms with Gasteiger partial charge in [0.2, 0.25) is 0 Å². The van der Waals surface area contributed by atoms with Crippen molar-refractivity contribution in [2.75, 3.05) is 0 Å². The van der Waals surface area contributed by atoms with E-state index in [2.05, 4.69) is 0 Å². The van der Waals surface area contributed by atoms with E-state index in [1.807, 2.05) is 35.2 Å². The minimum atomic E-state index is -4.38. The summed E-state index contributed by atoms with van der Waals surface area (Å²) in [4.78, 5) is 1.96. The zero-order chi connectivity index (χ0) is 22.1. The van der Waals surface area contributed by atoms with Crippen molar-refractivity contribution in [3.63, 3.8) is 0 Å². The summed E-state index contributed by atoms with van der Waals surface area (Å²) in [5.41, 5.74) is 0.978. The third kappa shape index (κ3) is 5.33. The molecule has 1 fully saturated rings. The van der Waals surface area contributed by atoms with Gasteiger partial charge in [-0.05, 0) is 51.0 Å². The molecule has 0 aliphatic carbocycles. The molecule has 0 amide bonds. The van der Waals surface area contributed by atoms with Crippen molar-refractivity contribution in [2.24, 2.45) is 0 Å². The van der Waals surface area contributed by atoms with Gasteiger partial charge in [-0.3, -0.25) is 9.46 Å². The predicted octanol–water partition coefficient (Wildman–Crippen LogP) is 6.63. The Balaban J connectivity index is 1.89. The summed E-state index contributed by atoms with van der Waals surface area (Å²) < 4.78 is 63.9. The summed E-state index contributed by atoms with van der Waals surface area (Å²) in [6, 6.07) is 14.4. The van der Waals surface area contributed by atoms with Crippen molar-refractivity contribution in [3.05, 3.63) is 71.3 Å². The van der Waals surface area contributed by atoms with Crippen LogP contribution < -0.4 is 0 Å². The lowest BCUT2D eigenvalue weighted by Gasteiger charge is -2.23. The zero-order valence-electron chi connectivity index (χ0n) is 17.5. The zero-order valence-corrected chi connectivity index (χ0v) is 18.4. The summed E-state index contributed by atoms with van der Waals surface area (Å²) >= 11 is 0. The molecule has 8 heteroatoms. The van der Waals surface area contributed by atoms with Gasteiger partial charge in [0.15, 0.2) is 0 Å². The maximum atomic E-state index is 13.7. The highest BCUT2D eigenvalue weighted by Gasteiger charge is 2.61. The van der Waals surface area contributed by atoms with Crippen molar-refractivity contribution in [1.82, 2.24) is 4.90 Å². The van der Waals surface area contributed by atoms with Crippen molar-refractivity contribution >= 4 is 7.60 Å². The molecule has 1 aliphatic rings. The fourth-order valence-electron chi connectivity index (χ4n) is 3.57.